The first-order valence-electron chi connectivity index (χ1n) is 10.5. The second-order valence-electron chi connectivity index (χ2n) is 9.92. The third-order valence-electron chi connectivity index (χ3n) is 6.81. The lowest BCUT2D eigenvalue weighted by Gasteiger charge is -2.42. The van der Waals surface area contributed by atoms with Crippen LogP contribution in [-0.4, -0.2) is 22.8 Å². The van der Waals surface area contributed by atoms with Crippen molar-refractivity contribution >= 4 is 11.8 Å². The second-order valence-corrected chi connectivity index (χ2v) is 11.2. The molecular formula is C25H33NOS. The Hall–Kier alpha value is -1.45. The molecule has 0 bridgehead atoms. The van der Waals surface area contributed by atoms with Gasteiger partial charge in [0.2, 0.25) is 0 Å². The molecule has 0 spiro atoms. The summed E-state index contributed by atoms with van der Waals surface area (Å²) in [5, 5.41) is 14.7. The molecule has 1 heterocycles. The molecule has 1 aliphatic heterocycles. The van der Waals surface area contributed by atoms with Crippen LogP contribution in [0.3, 0.4) is 0 Å². The maximum Gasteiger partial charge on any atom is 0.123 e. The highest BCUT2D eigenvalue weighted by Gasteiger charge is 2.37. The van der Waals surface area contributed by atoms with Gasteiger partial charge in [-0.2, -0.15) is 0 Å². The van der Waals surface area contributed by atoms with Gasteiger partial charge in [0.25, 0.3) is 0 Å². The van der Waals surface area contributed by atoms with Gasteiger partial charge in [0, 0.05) is 23.2 Å². The van der Waals surface area contributed by atoms with E-state index in [2.05, 4.69) is 64.2 Å². The molecule has 0 radical (unpaired) electrons. The summed E-state index contributed by atoms with van der Waals surface area (Å²) in [5.74, 6) is 1.43. The van der Waals surface area contributed by atoms with Crippen molar-refractivity contribution in [1.82, 2.24) is 5.32 Å². The Morgan fingerprint density at radius 1 is 1.00 bits per heavy atom. The largest absolute Gasteiger partial charge is 0.507 e. The molecule has 2 N–H and O–H groups in total. The molecule has 2 aliphatic rings. The first-order chi connectivity index (χ1) is 13.2. The van der Waals surface area contributed by atoms with Crippen LogP contribution in [0.15, 0.2) is 30.3 Å². The Labute approximate surface area is 174 Å². The fourth-order valence-corrected chi connectivity index (χ4v) is 5.81. The zero-order chi connectivity index (χ0) is 20.1. The number of phenols is 1. The summed E-state index contributed by atoms with van der Waals surface area (Å²) < 4.78 is 0. The molecule has 1 saturated heterocycles. The van der Waals surface area contributed by atoms with Crippen LogP contribution >= 0.6 is 11.8 Å². The van der Waals surface area contributed by atoms with Crippen LogP contribution in [0.5, 0.6) is 5.75 Å². The Balaban J connectivity index is 1.79. The van der Waals surface area contributed by atoms with E-state index < -0.39 is 0 Å². The van der Waals surface area contributed by atoms with Crippen molar-refractivity contribution in [3.05, 3.63) is 52.6 Å². The van der Waals surface area contributed by atoms with Crippen molar-refractivity contribution in [2.45, 2.75) is 70.0 Å². The van der Waals surface area contributed by atoms with E-state index in [0.717, 1.165) is 24.4 Å². The van der Waals surface area contributed by atoms with E-state index in [-0.39, 0.29) is 10.8 Å². The lowest BCUT2D eigenvalue weighted by atomic mass is 9.62. The van der Waals surface area contributed by atoms with Crippen molar-refractivity contribution in [3.8, 4) is 16.9 Å². The van der Waals surface area contributed by atoms with E-state index in [1.54, 1.807) is 0 Å². The molecule has 1 aliphatic carbocycles. The van der Waals surface area contributed by atoms with Crippen LogP contribution in [-0.2, 0) is 17.3 Å². The molecule has 28 heavy (non-hydrogen) atoms. The zero-order valence-electron chi connectivity index (χ0n) is 17.9. The zero-order valence-corrected chi connectivity index (χ0v) is 18.7. The summed E-state index contributed by atoms with van der Waals surface area (Å²) in [6, 6.07) is 10.9. The van der Waals surface area contributed by atoms with Gasteiger partial charge in [-0.1, -0.05) is 39.8 Å². The van der Waals surface area contributed by atoms with Crippen molar-refractivity contribution < 1.29 is 5.11 Å². The number of hydrogen-bond acceptors (Lipinski definition) is 3. The fraction of sp³-hybridized carbons (Fsp3) is 0.520. The molecule has 0 aromatic heterocycles. The highest BCUT2D eigenvalue weighted by molar-refractivity contribution is 8.00. The number of phenolic OH excluding ortho intramolecular Hbond substituents is 1. The first-order valence-corrected chi connectivity index (χ1v) is 11.5. The van der Waals surface area contributed by atoms with Crippen LogP contribution in [0.4, 0.5) is 0 Å². The molecule has 1 atom stereocenters. The molecule has 1 fully saturated rings. The van der Waals surface area contributed by atoms with Crippen molar-refractivity contribution in [2.75, 3.05) is 12.4 Å². The van der Waals surface area contributed by atoms with E-state index in [0.29, 0.717) is 11.0 Å². The van der Waals surface area contributed by atoms with Gasteiger partial charge in [0.05, 0.1) is 0 Å². The molecule has 0 saturated carbocycles. The number of thioether (sulfide) groups is 1. The predicted molar refractivity (Wildman–Crippen MR) is 122 cm³/mol. The summed E-state index contributed by atoms with van der Waals surface area (Å²) in [4.78, 5) is 0. The summed E-state index contributed by atoms with van der Waals surface area (Å²) >= 11 is 1.99. The van der Waals surface area contributed by atoms with Crippen LogP contribution < -0.4 is 5.32 Å². The predicted octanol–water partition coefficient (Wildman–Crippen LogP) is 5.92. The Bertz CT molecular complexity index is 894. The normalized spacial score (nSPS) is 22.8. The number of benzene rings is 2. The number of fused-ring (bicyclic) bond motifs is 1. The van der Waals surface area contributed by atoms with E-state index >= 15 is 0 Å². The van der Waals surface area contributed by atoms with Crippen LogP contribution in [0.25, 0.3) is 11.1 Å². The second kappa shape index (κ2) is 7.11. The van der Waals surface area contributed by atoms with E-state index in [9.17, 15) is 5.11 Å². The average molecular weight is 396 g/mol. The van der Waals surface area contributed by atoms with Gasteiger partial charge in [-0.3, -0.25) is 0 Å². The van der Waals surface area contributed by atoms with E-state index in [4.69, 9.17) is 0 Å². The number of aryl methyl sites for hydroxylation is 1. The molecule has 2 nitrogen and oxygen atoms in total. The number of nitrogens with one attached hydrogen (secondary N) is 1. The van der Waals surface area contributed by atoms with Gasteiger partial charge in [-0.15, -0.1) is 11.8 Å². The summed E-state index contributed by atoms with van der Waals surface area (Å²) in [7, 11) is 0. The van der Waals surface area contributed by atoms with Gasteiger partial charge in [0.15, 0.2) is 0 Å². The molecule has 2 aromatic rings. The van der Waals surface area contributed by atoms with Crippen molar-refractivity contribution in [1.29, 1.82) is 0 Å². The van der Waals surface area contributed by atoms with E-state index in [1.165, 1.54) is 40.7 Å². The Morgan fingerprint density at radius 3 is 2.32 bits per heavy atom. The minimum absolute atomic E-state index is 0.173. The minimum Gasteiger partial charge on any atom is -0.507 e. The number of rotatable bonds is 3. The molecule has 150 valence electrons. The Kier molecular flexibility index (Phi) is 5.04. The maximum absolute atomic E-state index is 10.7. The quantitative estimate of drug-likeness (QED) is 0.676. The highest BCUT2D eigenvalue weighted by Crippen LogP contribution is 2.48. The maximum atomic E-state index is 10.7. The average Bonchev–Trinajstić information content (AvgIpc) is 3.14. The Morgan fingerprint density at radius 2 is 1.68 bits per heavy atom. The lowest BCUT2D eigenvalue weighted by Crippen LogP contribution is -2.34. The highest BCUT2D eigenvalue weighted by atomic mass is 32.2. The van der Waals surface area contributed by atoms with Gasteiger partial charge in [-0.25, -0.2) is 0 Å². The van der Waals surface area contributed by atoms with Crippen LogP contribution in [0.1, 0.15) is 62.8 Å². The monoisotopic (exact) mass is 395 g/mol. The van der Waals surface area contributed by atoms with Crippen LogP contribution in [0, 0.1) is 6.92 Å². The SMILES string of the molecule is Cc1cc2c(cc1-c1cc(CC3CNCS3)ccc1O)C(C)(C)CCC2(C)C. The number of aromatic hydroxyl groups is 1. The summed E-state index contributed by atoms with van der Waals surface area (Å²) in [6.07, 6.45) is 3.47. The third-order valence-corrected chi connectivity index (χ3v) is 7.98. The summed E-state index contributed by atoms with van der Waals surface area (Å²) in [5.41, 5.74) is 8.05. The lowest BCUT2D eigenvalue weighted by molar-refractivity contribution is 0.332. The minimum atomic E-state index is 0.173. The molecule has 1 unspecified atom stereocenters. The van der Waals surface area contributed by atoms with Crippen LogP contribution in [0.2, 0.25) is 0 Å². The van der Waals surface area contributed by atoms with E-state index in [1.807, 2.05) is 17.8 Å². The molecule has 0 amide bonds. The topological polar surface area (TPSA) is 32.3 Å². The van der Waals surface area contributed by atoms with Gasteiger partial charge >= 0.3 is 0 Å². The molecule has 2 aromatic carbocycles. The number of hydrogen-bond donors (Lipinski definition) is 2. The molecular weight excluding hydrogens is 362 g/mol. The standard InChI is InChI=1S/C25H33NOS/c1-16-10-21-22(25(4,5)9-8-24(21,2)3)13-19(16)20-12-17(6-7-23(20)27)11-18-14-26-15-28-18/h6-7,10,12-13,18,26-27H,8-9,11,14-15H2,1-5H3. The molecule has 4 rings (SSSR count). The van der Waals surface area contributed by atoms with Gasteiger partial charge in [0.1, 0.15) is 5.75 Å². The fourth-order valence-electron chi connectivity index (χ4n) is 4.79. The van der Waals surface area contributed by atoms with Crippen molar-refractivity contribution in [3.63, 3.8) is 0 Å². The van der Waals surface area contributed by atoms with Crippen molar-refractivity contribution in [2.24, 2.45) is 0 Å². The summed E-state index contributed by atoms with van der Waals surface area (Å²) in [6.45, 7) is 12.7. The molecule has 3 heteroatoms. The van der Waals surface area contributed by atoms with Gasteiger partial charge in [-0.05, 0) is 83.0 Å². The third kappa shape index (κ3) is 3.59. The first kappa shape index (κ1) is 19.8. The smallest absolute Gasteiger partial charge is 0.123 e. The van der Waals surface area contributed by atoms with Gasteiger partial charge < -0.3 is 10.4 Å².